The number of likely N-dealkylation sites (tertiary alicyclic amines) is 1. The van der Waals surface area contributed by atoms with Crippen LogP contribution in [0.5, 0.6) is 17.2 Å². The van der Waals surface area contributed by atoms with Gasteiger partial charge in [0.15, 0.2) is 11.5 Å². The third-order valence-corrected chi connectivity index (χ3v) is 5.80. The first-order valence-corrected chi connectivity index (χ1v) is 11.3. The summed E-state index contributed by atoms with van der Waals surface area (Å²) in [7, 11) is 5.34. The van der Waals surface area contributed by atoms with Crippen molar-refractivity contribution in [3.05, 3.63) is 58.1 Å². The van der Waals surface area contributed by atoms with Gasteiger partial charge in [-0.15, -0.1) is 0 Å². The minimum Gasteiger partial charge on any atom is -0.507 e. The molecule has 2 aromatic rings. The highest BCUT2D eigenvalue weighted by atomic mass is 35.5. The second kappa shape index (κ2) is 10.8. The number of halogens is 1. The van der Waals surface area contributed by atoms with Crippen molar-refractivity contribution >= 4 is 29.1 Å². The quantitative estimate of drug-likeness (QED) is 0.314. The number of phenols is 1. The zero-order valence-electron chi connectivity index (χ0n) is 19.7. The molecule has 0 aliphatic carbocycles. The summed E-state index contributed by atoms with van der Waals surface area (Å²) in [6.45, 7) is 3.29. The number of ether oxygens (including phenoxy) is 2. The third-order valence-electron chi connectivity index (χ3n) is 5.56. The molecule has 2 N–H and O–H groups in total. The number of aliphatic hydroxyl groups excluding tert-OH is 1. The zero-order chi connectivity index (χ0) is 25.0. The normalized spacial score (nSPS) is 17.5. The predicted molar refractivity (Wildman–Crippen MR) is 129 cm³/mol. The molecule has 1 atom stereocenters. The molecule has 34 heavy (non-hydrogen) atoms. The molecule has 1 aliphatic heterocycles. The Morgan fingerprint density at radius 3 is 2.53 bits per heavy atom. The molecule has 1 saturated heterocycles. The minimum absolute atomic E-state index is 0.0262. The summed E-state index contributed by atoms with van der Waals surface area (Å²) in [5, 5.41) is 21.7. The van der Waals surface area contributed by atoms with Crippen molar-refractivity contribution in [2.75, 3.05) is 40.9 Å². The van der Waals surface area contributed by atoms with Crippen molar-refractivity contribution in [2.24, 2.45) is 0 Å². The Balaban J connectivity index is 2.18. The molecule has 0 saturated carbocycles. The molecule has 1 heterocycles. The van der Waals surface area contributed by atoms with Gasteiger partial charge in [0.1, 0.15) is 11.5 Å². The van der Waals surface area contributed by atoms with Gasteiger partial charge in [-0.3, -0.25) is 9.59 Å². The van der Waals surface area contributed by atoms with Gasteiger partial charge in [-0.05, 0) is 69.9 Å². The first-order valence-electron chi connectivity index (χ1n) is 10.9. The number of rotatable bonds is 9. The van der Waals surface area contributed by atoms with Crippen LogP contribution in [0.4, 0.5) is 0 Å². The molecule has 1 fully saturated rings. The number of Topliss-reactive ketones (excluding diaryl/α,β-unsaturated/α-hetero) is 1. The number of hydrogen-bond acceptors (Lipinski definition) is 7. The summed E-state index contributed by atoms with van der Waals surface area (Å²) in [5.74, 6) is -1.36. The van der Waals surface area contributed by atoms with Crippen molar-refractivity contribution in [1.82, 2.24) is 9.80 Å². The van der Waals surface area contributed by atoms with Crippen LogP contribution in [0.1, 0.15) is 30.5 Å². The van der Waals surface area contributed by atoms with E-state index in [1.807, 2.05) is 25.9 Å². The maximum Gasteiger partial charge on any atom is 0.295 e. The standard InChI is InChI=1S/C25H29ClN2O6/c1-5-34-19-10-7-15(13-20(19)33-4)22-21(23(30)17-14-16(26)8-9-18(17)29)24(31)25(32)28(22)12-6-11-27(2)3/h7-10,13-14,22,29-30H,5-6,11-12H2,1-4H3. The molecule has 0 radical (unpaired) electrons. The smallest absolute Gasteiger partial charge is 0.295 e. The summed E-state index contributed by atoms with van der Waals surface area (Å²) in [5.41, 5.74) is 0.410. The largest absolute Gasteiger partial charge is 0.507 e. The highest BCUT2D eigenvalue weighted by Crippen LogP contribution is 2.43. The van der Waals surface area contributed by atoms with E-state index in [1.54, 1.807) is 18.2 Å². The van der Waals surface area contributed by atoms with Gasteiger partial charge in [-0.1, -0.05) is 17.7 Å². The first kappa shape index (κ1) is 25.4. The number of carbonyl (C=O) groups is 2. The van der Waals surface area contributed by atoms with E-state index in [2.05, 4.69) is 0 Å². The van der Waals surface area contributed by atoms with Gasteiger partial charge in [0.25, 0.3) is 11.7 Å². The van der Waals surface area contributed by atoms with E-state index < -0.39 is 23.5 Å². The van der Waals surface area contributed by atoms with Crippen LogP contribution in [0.3, 0.4) is 0 Å². The monoisotopic (exact) mass is 488 g/mol. The molecule has 1 unspecified atom stereocenters. The van der Waals surface area contributed by atoms with E-state index in [-0.39, 0.29) is 21.9 Å². The van der Waals surface area contributed by atoms with E-state index >= 15 is 0 Å². The second-order valence-corrected chi connectivity index (χ2v) is 8.59. The van der Waals surface area contributed by atoms with Gasteiger partial charge < -0.3 is 29.5 Å². The molecule has 0 aromatic heterocycles. The van der Waals surface area contributed by atoms with Crippen molar-refractivity contribution in [2.45, 2.75) is 19.4 Å². The summed E-state index contributed by atoms with van der Waals surface area (Å²) in [6.07, 6.45) is 0.618. The minimum atomic E-state index is -0.884. The van der Waals surface area contributed by atoms with Gasteiger partial charge in [0, 0.05) is 11.6 Å². The summed E-state index contributed by atoms with van der Waals surface area (Å²) >= 11 is 6.06. The lowest BCUT2D eigenvalue weighted by atomic mass is 9.94. The number of ketones is 1. The highest BCUT2D eigenvalue weighted by molar-refractivity contribution is 6.46. The van der Waals surface area contributed by atoms with Gasteiger partial charge in [0.05, 0.1) is 30.9 Å². The van der Waals surface area contributed by atoms with E-state index in [1.165, 1.54) is 30.2 Å². The van der Waals surface area contributed by atoms with Crippen LogP contribution in [0, 0.1) is 0 Å². The molecule has 1 aliphatic rings. The molecular formula is C25H29ClN2O6. The number of aliphatic hydroxyl groups is 1. The molecule has 182 valence electrons. The van der Waals surface area contributed by atoms with Crippen LogP contribution in [-0.2, 0) is 9.59 Å². The lowest BCUT2D eigenvalue weighted by Gasteiger charge is -2.26. The fourth-order valence-corrected chi connectivity index (χ4v) is 4.16. The van der Waals surface area contributed by atoms with Crippen LogP contribution in [0.25, 0.3) is 5.76 Å². The summed E-state index contributed by atoms with van der Waals surface area (Å²) in [6, 6.07) is 8.36. The average molecular weight is 489 g/mol. The Hall–Kier alpha value is -3.23. The van der Waals surface area contributed by atoms with E-state index in [9.17, 15) is 19.8 Å². The lowest BCUT2D eigenvalue weighted by molar-refractivity contribution is -0.139. The summed E-state index contributed by atoms with van der Waals surface area (Å²) < 4.78 is 11.1. The molecule has 0 bridgehead atoms. The Morgan fingerprint density at radius 2 is 1.88 bits per heavy atom. The van der Waals surface area contributed by atoms with Crippen molar-refractivity contribution in [3.8, 4) is 17.2 Å². The molecule has 0 spiro atoms. The first-order chi connectivity index (χ1) is 16.2. The summed E-state index contributed by atoms with van der Waals surface area (Å²) in [4.78, 5) is 29.6. The Labute approximate surface area is 203 Å². The van der Waals surface area contributed by atoms with E-state index in [0.717, 1.165) is 0 Å². The fourth-order valence-electron chi connectivity index (χ4n) is 3.99. The van der Waals surface area contributed by atoms with Gasteiger partial charge in [0.2, 0.25) is 0 Å². The maximum atomic E-state index is 13.1. The highest BCUT2D eigenvalue weighted by Gasteiger charge is 2.46. The topological polar surface area (TPSA) is 99.5 Å². The van der Waals surface area contributed by atoms with Crippen LogP contribution in [-0.4, -0.2) is 72.6 Å². The zero-order valence-corrected chi connectivity index (χ0v) is 20.4. The molecular weight excluding hydrogens is 460 g/mol. The predicted octanol–water partition coefficient (Wildman–Crippen LogP) is 3.83. The number of phenolic OH excluding ortho intramolecular Hbond substituents is 1. The maximum absolute atomic E-state index is 13.1. The third kappa shape index (κ3) is 5.13. The number of hydrogen-bond donors (Lipinski definition) is 2. The molecule has 8 nitrogen and oxygen atoms in total. The van der Waals surface area contributed by atoms with Gasteiger partial charge >= 0.3 is 0 Å². The fraction of sp³-hybridized carbons (Fsp3) is 0.360. The van der Waals surface area contributed by atoms with Crippen LogP contribution < -0.4 is 9.47 Å². The number of benzene rings is 2. The Kier molecular flexibility index (Phi) is 8.06. The van der Waals surface area contributed by atoms with Crippen molar-refractivity contribution in [3.63, 3.8) is 0 Å². The van der Waals surface area contributed by atoms with Crippen molar-refractivity contribution < 1.29 is 29.3 Å². The van der Waals surface area contributed by atoms with E-state index in [4.69, 9.17) is 21.1 Å². The molecule has 1 amide bonds. The van der Waals surface area contributed by atoms with Crippen molar-refractivity contribution in [1.29, 1.82) is 0 Å². The number of methoxy groups -OCH3 is 1. The van der Waals surface area contributed by atoms with Crippen LogP contribution in [0.2, 0.25) is 5.02 Å². The van der Waals surface area contributed by atoms with Crippen LogP contribution in [0.15, 0.2) is 42.0 Å². The number of aromatic hydroxyl groups is 1. The molecule has 9 heteroatoms. The second-order valence-electron chi connectivity index (χ2n) is 8.15. The van der Waals surface area contributed by atoms with E-state index in [0.29, 0.717) is 43.2 Å². The van der Waals surface area contributed by atoms with Gasteiger partial charge in [-0.2, -0.15) is 0 Å². The Morgan fingerprint density at radius 1 is 1.15 bits per heavy atom. The van der Waals surface area contributed by atoms with Gasteiger partial charge in [-0.25, -0.2) is 0 Å². The lowest BCUT2D eigenvalue weighted by Crippen LogP contribution is -2.32. The SMILES string of the molecule is CCOc1ccc(C2C(=C(O)c3cc(Cl)ccc3O)C(=O)C(=O)N2CCCN(C)C)cc1OC. The number of amides is 1. The molecule has 2 aromatic carbocycles. The molecule has 3 rings (SSSR count). The average Bonchev–Trinajstić information content (AvgIpc) is 3.05. The van der Waals surface area contributed by atoms with Crippen LogP contribution >= 0.6 is 11.6 Å². The number of nitrogens with zero attached hydrogens (tertiary/aromatic N) is 2. The number of carbonyl (C=O) groups excluding carboxylic acids is 2. The Bertz CT molecular complexity index is 1110.